The van der Waals surface area contributed by atoms with Gasteiger partial charge < -0.3 is 15.2 Å². The van der Waals surface area contributed by atoms with Crippen LogP contribution in [0.1, 0.15) is 29.3 Å². The number of hydrogen-bond donors (Lipinski definition) is 2. The number of aromatic carboxylic acids is 1. The van der Waals surface area contributed by atoms with E-state index >= 15 is 0 Å². The average molecular weight is 325 g/mol. The smallest absolute Gasteiger partial charge is 0.335 e. The standard InChI is InChI=1S/C20H23NO3/c1-15(17-7-9-18(10-8-17)20(22)23)3-4-16-5-11-19(12-6-16)21-13-14-24-2/h3-5,7-12,21H,6,13-14H2,1-2H3,(H,22,23)/b15-3+,16-4-. The van der Waals surface area contributed by atoms with Gasteiger partial charge in [-0.15, -0.1) is 0 Å². The Morgan fingerprint density at radius 2 is 1.96 bits per heavy atom. The molecule has 1 aliphatic rings. The molecule has 1 aliphatic carbocycles. The number of hydrogen-bond acceptors (Lipinski definition) is 3. The first kappa shape index (κ1) is 17.8. The zero-order chi connectivity index (χ0) is 17.4. The highest BCUT2D eigenvalue weighted by Gasteiger charge is 2.03. The summed E-state index contributed by atoms with van der Waals surface area (Å²) in [5, 5.41) is 12.2. The Morgan fingerprint density at radius 1 is 1.25 bits per heavy atom. The maximum atomic E-state index is 10.9. The second-order valence-electron chi connectivity index (χ2n) is 5.59. The maximum absolute atomic E-state index is 10.9. The lowest BCUT2D eigenvalue weighted by Crippen LogP contribution is -2.18. The quantitative estimate of drug-likeness (QED) is 0.749. The lowest BCUT2D eigenvalue weighted by Gasteiger charge is -2.11. The van der Waals surface area contributed by atoms with E-state index in [4.69, 9.17) is 9.84 Å². The molecular formula is C20H23NO3. The molecule has 0 unspecified atom stereocenters. The van der Waals surface area contributed by atoms with Gasteiger partial charge in [-0.1, -0.05) is 36.4 Å². The van der Waals surface area contributed by atoms with Gasteiger partial charge in [0.05, 0.1) is 12.2 Å². The molecule has 0 heterocycles. The molecule has 1 aromatic rings. The molecule has 2 N–H and O–H groups in total. The molecular weight excluding hydrogens is 302 g/mol. The Balaban J connectivity index is 1.96. The molecule has 0 aliphatic heterocycles. The Bertz CT molecular complexity index is 694. The fourth-order valence-corrected chi connectivity index (χ4v) is 2.32. The third kappa shape index (κ3) is 5.25. The molecule has 126 valence electrons. The molecule has 0 amide bonds. The Hall–Kier alpha value is -2.59. The van der Waals surface area contributed by atoms with Gasteiger partial charge in [-0.3, -0.25) is 0 Å². The fourth-order valence-electron chi connectivity index (χ4n) is 2.32. The molecule has 1 aromatic carbocycles. The highest BCUT2D eigenvalue weighted by molar-refractivity contribution is 5.88. The second-order valence-corrected chi connectivity index (χ2v) is 5.59. The molecule has 0 aromatic heterocycles. The first-order valence-corrected chi connectivity index (χ1v) is 7.92. The number of rotatable bonds is 7. The number of allylic oxidation sites excluding steroid dienone is 7. The Kier molecular flexibility index (Phi) is 6.58. The monoisotopic (exact) mass is 325 g/mol. The van der Waals surface area contributed by atoms with Crippen LogP contribution < -0.4 is 5.32 Å². The van der Waals surface area contributed by atoms with Gasteiger partial charge in [-0.2, -0.15) is 0 Å². The highest BCUT2D eigenvalue weighted by atomic mass is 16.5. The van der Waals surface area contributed by atoms with Gasteiger partial charge in [-0.25, -0.2) is 4.79 Å². The van der Waals surface area contributed by atoms with E-state index in [-0.39, 0.29) is 0 Å². The fraction of sp³-hybridized carbons (Fsp3) is 0.250. The normalized spacial score (nSPS) is 16.2. The molecule has 0 spiro atoms. The van der Waals surface area contributed by atoms with Crippen LogP contribution >= 0.6 is 0 Å². The second kappa shape index (κ2) is 8.89. The molecule has 0 bridgehead atoms. The summed E-state index contributed by atoms with van der Waals surface area (Å²) in [5.74, 6) is -0.903. The van der Waals surface area contributed by atoms with Crippen molar-refractivity contribution in [2.75, 3.05) is 20.3 Å². The first-order valence-electron chi connectivity index (χ1n) is 7.92. The van der Waals surface area contributed by atoms with E-state index in [1.807, 2.05) is 19.1 Å². The van der Waals surface area contributed by atoms with Crippen molar-refractivity contribution in [3.63, 3.8) is 0 Å². The van der Waals surface area contributed by atoms with E-state index in [1.54, 1.807) is 19.2 Å². The van der Waals surface area contributed by atoms with Crippen molar-refractivity contribution >= 4 is 11.5 Å². The molecule has 4 heteroatoms. The highest BCUT2D eigenvalue weighted by Crippen LogP contribution is 2.18. The summed E-state index contributed by atoms with van der Waals surface area (Å²) in [4.78, 5) is 10.9. The van der Waals surface area contributed by atoms with Crippen LogP contribution in [0.3, 0.4) is 0 Å². The van der Waals surface area contributed by atoms with Gasteiger partial charge in [0.2, 0.25) is 0 Å². The summed E-state index contributed by atoms with van der Waals surface area (Å²) in [6.07, 6.45) is 11.4. The van der Waals surface area contributed by atoms with Gasteiger partial charge in [0, 0.05) is 19.4 Å². The predicted octanol–water partition coefficient (Wildman–Crippen LogP) is 3.79. The third-order valence-electron chi connectivity index (χ3n) is 3.80. The molecule has 0 saturated carbocycles. The van der Waals surface area contributed by atoms with E-state index in [0.717, 1.165) is 29.8 Å². The van der Waals surface area contributed by atoms with Gasteiger partial charge in [-0.05, 0) is 48.3 Å². The summed E-state index contributed by atoms with van der Waals surface area (Å²) in [6.45, 7) is 3.51. The summed E-state index contributed by atoms with van der Waals surface area (Å²) in [6, 6.07) is 6.93. The van der Waals surface area contributed by atoms with Crippen molar-refractivity contribution in [3.8, 4) is 0 Å². The molecule has 0 saturated heterocycles. The first-order chi connectivity index (χ1) is 11.6. The van der Waals surface area contributed by atoms with Crippen molar-refractivity contribution < 1.29 is 14.6 Å². The van der Waals surface area contributed by atoms with Crippen molar-refractivity contribution in [1.82, 2.24) is 5.32 Å². The van der Waals surface area contributed by atoms with Gasteiger partial charge >= 0.3 is 5.97 Å². The lowest BCUT2D eigenvalue weighted by molar-refractivity contribution is 0.0697. The number of nitrogens with one attached hydrogen (secondary N) is 1. The van der Waals surface area contributed by atoms with Crippen LogP contribution in [0.25, 0.3) is 5.57 Å². The van der Waals surface area contributed by atoms with Crippen LogP contribution in [0.15, 0.2) is 65.9 Å². The summed E-state index contributed by atoms with van der Waals surface area (Å²) in [7, 11) is 1.69. The number of carboxylic acids is 1. The average Bonchev–Trinajstić information content (AvgIpc) is 2.61. The lowest BCUT2D eigenvalue weighted by atomic mass is 10.0. The minimum atomic E-state index is -0.903. The molecule has 0 fully saturated rings. The number of methoxy groups -OCH3 is 1. The largest absolute Gasteiger partial charge is 0.478 e. The number of carbonyl (C=O) groups is 1. The van der Waals surface area contributed by atoms with Gasteiger partial charge in [0.15, 0.2) is 0 Å². The van der Waals surface area contributed by atoms with E-state index in [9.17, 15) is 4.79 Å². The Labute approximate surface area is 142 Å². The zero-order valence-corrected chi connectivity index (χ0v) is 14.1. The van der Waals surface area contributed by atoms with E-state index in [2.05, 4.69) is 35.7 Å². The minimum absolute atomic E-state index is 0.304. The van der Waals surface area contributed by atoms with E-state index in [0.29, 0.717) is 12.2 Å². The van der Waals surface area contributed by atoms with Gasteiger partial charge in [0.1, 0.15) is 0 Å². The van der Waals surface area contributed by atoms with Crippen molar-refractivity contribution in [2.45, 2.75) is 13.3 Å². The van der Waals surface area contributed by atoms with Crippen molar-refractivity contribution in [1.29, 1.82) is 0 Å². The molecule has 0 radical (unpaired) electrons. The molecule has 4 nitrogen and oxygen atoms in total. The zero-order valence-electron chi connectivity index (χ0n) is 14.1. The summed E-state index contributed by atoms with van der Waals surface area (Å²) < 4.78 is 5.02. The summed E-state index contributed by atoms with van der Waals surface area (Å²) in [5.41, 5.74) is 4.77. The summed E-state index contributed by atoms with van der Waals surface area (Å²) >= 11 is 0. The third-order valence-corrected chi connectivity index (χ3v) is 3.80. The topological polar surface area (TPSA) is 58.6 Å². The van der Waals surface area contributed by atoms with Crippen molar-refractivity contribution in [3.05, 3.63) is 77.0 Å². The predicted molar refractivity (Wildman–Crippen MR) is 96.9 cm³/mol. The van der Waals surface area contributed by atoms with Crippen LogP contribution in [0.4, 0.5) is 0 Å². The molecule has 2 rings (SSSR count). The molecule has 0 atom stereocenters. The van der Waals surface area contributed by atoms with Crippen LogP contribution in [0, 0.1) is 0 Å². The van der Waals surface area contributed by atoms with E-state index < -0.39 is 5.97 Å². The number of benzene rings is 1. The van der Waals surface area contributed by atoms with Crippen molar-refractivity contribution in [2.24, 2.45) is 0 Å². The maximum Gasteiger partial charge on any atom is 0.335 e. The van der Waals surface area contributed by atoms with Gasteiger partial charge in [0.25, 0.3) is 0 Å². The van der Waals surface area contributed by atoms with Crippen LogP contribution in [0.2, 0.25) is 0 Å². The van der Waals surface area contributed by atoms with Crippen LogP contribution in [0.5, 0.6) is 0 Å². The van der Waals surface area contributed by atoms with Crippen LogP contribution in [-0.2, 0) is 4.74 Å². The number of ether oxygens (including phenoxy) is 1. The van der Waals surface area contributed by atoms with E-state index in [1.165, 1.54) is 5.57 Å². The SMILES string of the molecule is COCCNC1=CC/C(=C\C=C(/C)c2ccc(C(=O)O)cc2)C=C1. The Morgan fingerprint density at radius 3 is 2.54 bits per heavy atom. The number of carboxylic acid groups (broad SMARTS) is 1. The minimum Gasteiger partial charge on any atom is -0.478 e. The molecule has 24 heavy (non-hydrogen) atoms. The van der Waals surface area contributed by atoms with Crippen LogP contribution in [-0.4, -0.2) is 31.3 Å².